The van der Waals surface area contributed by atoms with E-state index in [0.29, 0.717) is 17.7 Å². The van der Waals surface area contributed by atoms with Crippen molar-refractivity contribution in [1.82, 2.24) is 5.32 Å². The third-order valence-corrected chi connectivity index (χ3v) is 4.36. The molecule has 0 bridgehead atoms. The van der Waals surface area contributed by atoms with Crippen molar-refractivity contribution >= 4 is 27.5 Å². The Morgan fingerprint density at radius 2 is 1.81 bits per heavy atom. The standard InChI is InChI=1S/C17H18BrClFN/c1-10-6-13(7-11(2)17(10)20)9-21-12(3)15-5-4-14(18)8-16(15)19/h4-8,12,21H,9H2,1-3H3. The van der Waals surface area contributed by atoms with Crippen molar-refractivity contribution in [2.45, 2.75) is 33.4 Å². The lowest BCUT2D eigenvalue weighted by atomic mass is 10.0. The van der Waals surface area contributed by atoms with Gasteiger partial charge >= 0.3 is 0 Å². The van der Waals surface area contributed by atoms with Crippen molar-refractivity contribution in [3.05, 3.63) is 67.9 Å². The van der Waals surface area contributed by atoms with Gasteiger partial charge in [-0.05, 0) is 55.2 Å². The minimum absolute atomic E-state index is 0.122. The molecule has 1 unspecified atom stereocenters. The average molecular weight is 371 g/mol. The van der Waals surface area contributed by atoms with Gasteiger partial charge in [0.1, 0.15) is 5.82 Å². The van der Waals surface area contributed by atoms with Gasteiger partial charge in [-0.15, -0.1) is 0 Å². The van der Waals surface area contributed by atoms with E-state index in [4.69, 9.17) is 11.6 Å². The van der Waals surface area contributed by atoms with Gasteiger partial charge in [0.25, 0.3) is 0 Å². The molecule has 0 aliphatic carbocycles. The predicted molar refractivity (Wildman–Crippen MR) is 90.3 cm³/mol. The van der Waals surface area contributed by atoms with Gasteiger partial charge in [-0.1, -0.05) is 45.7 Å². The molecular formula is C17H18BrClFN. The Morgan fingerprint density at radius 1 is 1.19 bits per heavy atom. The zero-order valence-corrected chi connectivity index (χ0v) is 14.6. The average Bonchev–Trinajstić information content (AvgIpc) is 2.42. The summed E-state index contributed by atoms with van der Waals surface area (Å²) < 4.78 is 14.6. The molecule has 0 heterocycles. The monoisotopic (exact) mass is 369 g/mol. The van der Waals surface area contributed by atoms with E-state index in [1.807, 2.05) is 30.3 Å². The second kappa shape index (κ2) is 6.91. The van der Waals surface area contributed by atoms with E-state index in [1.165, 1.54) is 0 Å². The van der Waals surface area contributed by atoms with Crippen LogP contribution in [0.1, 0.15) is 35.2 Å². The van der Waals surface area contributed by atoms with Crippen LogP contribution in [-0.2, 0) is 6.54 Å². The molecule has 4 heteroatoms. The smallest absolute Gasteiger partial charge is 0.129 e. The Balaban J connectivity index is 2.09. The van der Waals surface area contributed by atoms with Gasteiger partial charge in [0.2, 0.25) is 0 Å². The Labute approximate surface area is 138 Å². The molecule has 0 fully saturated rings. The van der Waals surface area contributed by atoms with Crippen molar-refractivity contribution in [2.24, 2.45) is 0 Å². The molecule has 1 atom stereocenters. The molecule has 0 spiro atoms. The second-order valence-corrected chi connectivity index (χ2v) is 6.63. The Morgan fingerprint density at radius 3 is 2.38 bits per heavy atom. The van der Waals surface area contributed by atoms with Gasteiger partial charge in [-0.2, -0.15) is 0 Å². The van der Waals surface area contributed by atoms with E-state index < -0.39 is 0 Å². The largest absolute Gasteiger partial charge is 0.306 e. The van der Waals surface area contributed by atoms with Crippen molar-refractivity contribution in [3.63, 3.8) is 0 Å². The second-order valence-electron chi connectivity index (χ2n) is 5.31. The van der Waals surface area contributed by atoms with Gasteiger partial charge in [-0.3, -0.25) is 0 Å². The normalized spacial score (nSPS) is 12.5. The molecule has 2 aromatic rings. The van der Waals surface area contributed by atoms with E-state index >= 15 is 0 Å². The first kappa shape index (κ1) is 16.5. The fourth-order valence-corrected chi connectivity index (χ4v) is 3.21. The number of nitrogens with one attached hydrogen (secondary N) is 1. The lowest BCUT2D eigenvalue weighted by Crippen LogP contribution is -2.18. The van der Waals surface area contributed by atoms with Gasteiger partial charge in [0, 0.05) is 22.1 Å². The quantitative estimate of drug-likeness (QED) is 0.727. The lowest BCUT2D eigenvalue weighted by Gasteiger charge is -2.17. The van der Waals surface area contributed by atoms with Crippen molar-refractivity contribution in [2.75, 3.05) is 0 Å². The molecule has 2 aromatic carbocycles. The van der Waals surface area contributed by atoms with E-state index in [9.17, 15) is 4.39 Å². The highest BCUT2D eigenvalue weighted by molar-refractivity contribution is 9.10. The number of benzene rings is 2. The van der Waals surface area contributed by atoms with Crippen LogP contribution < -0.4 is 5.32 Å². The predicted octanol–water partition coefficient (Wildman–Crippen LogP) is 5.71. The molecule has 0 saturated carbocycles. The van der Waals surface area contributed by atoms with Crippen LogP contribution in [0.25, 0.3) is 0 Å². The molecule has 0 saturated heterocycles. The molecular weight excluding hydrogens is 353 g/mol. The minimum atomic E-state index is -0.122. The Bertz CT molecular complexity index is 634. The molecule has 1 N–H and O–H groups in total. The lowest BCUT2D eigenvalue weighted by molar-refractivity contribution is 0.570. The summed E-state index contributed by atoms with van der Waals surface area (Å²) in [6, 6.07) is 9.76. The summed E-state index contributed by atoms with van der Waals surface area (Å²) in [7, 11) is 0. The molecule has 2 rings (SSSR count). The molecule has 0 amide bonds. The molecule has 112 valence electrons. The third-order valence-electron chi connectivity index (χ3n) is 3.54. The van der Waals surface area contributed by atoms with E-state index in [0.717, 1.165) is 20.6 Å². The first-order chi connectivity index (χ1) is 9.88. The summed E-state index contributed by atoms with van der Waals surface area (Å²) in [5.74, 6) is -0.122. The fourth-order valence-electron chi connectivity index (χ4n) is 2.37. The van der Waals surface area contributed by atoms with Crippen LogP contribution in [0.5, 0.6) is 0 Å². The SMILES string of the molecule is Cc1cc(CNC(C)c2ccc(Br)cc2Cl)cc(C)c1F. The maximum atomic E-state index is 13.6. The van der Waals surface area contributed by atoms with Gasteiger partial charge < -0.3 is 5.32 Å². The summed E-state index contributed by atoms with van der Waals surface area (Å²) >= 11 is 9.66. The van der Waals surface area contributed by atoms with Crippen LogP contribution in [0.3, 0.4) is 0 Å². The molecule has 0 aromatic heterocycles. The summed E-state index contributed by atoms with van der Waals surface area (Å²) in [5, 5.41) is 4.16. The van der Waals surface area contributed by atoms with E-state index in [-0.39, 0.29) is 11.9 Å². The highest BCUT2D eigenvalue weighted by Crippen LogP contribution is 2.26. The minimum Gasteiger partial charge on any atom is -0.306 e. The van der Waals surface area contributed by atoms with Gasteiger partial charge in [0.05, 0.1) is 0 Å². The summed E-state index contributed by atoms with van der Waals surface area (Å²) in [4.78, 5) is 0. The number of hydrogen-bond acceptors (Lipinski definition) is 1. The number of hydrogen-bond donors (Lipinski definition) is 1. The van der Waals surface area contributed by atoms with Crippen molar-refractivity contribution < 1.29 is 4.39 Å². The summed E-state index contributed by atoms with van der Waals surface area (Å²) in [5.41, 5.74) is 3.49. The molecule has 21 heavy (non-hydrogen) atoms. The number of aryl methyl sites for hydroxylation is 2. The molecule has 1 nitrogen and oxygen atoms in total. The van der Waals surface area contributed by atoms with Crippen LogP contribution in [0.4, 0.5) is 4.39 Å². The van der Waals surface area contributed by atoms with Crippen molar-refractivity contribution in [3.8, 4) is 0 Å². The molecule has 0 aliphatic heterocycles. The Kier molecular flexibility index (Phi) is 5.42. The van der Waals surface area contributed by atoms with Crippen molar-refractivity contribution in [1.29, 1.82) is 0 Å². The van der Waals surface area contributed by atoms with Crippen LogP contribution in [0.15, 0.2) is 34.8 Å². The van der Waals surface area contributed by atoms with Crippen LogP contribution in [0.2, 0.25) is 5.02 Å². The fraction of sp³-hybridized carbons (Fsp3) is 0.294. The highest BCUT2D eigenvalue weighted by atomic mass is 79.9. The van der Waals surface area contributed by atoms with Crippen LogP contribution >= 0.6 is 27.5 Å². The zero-order valence-electron chi connectivity index (χ0n) is 12.3. The topological polar surface area (TPSA) is 12.0 Å². The first-order valence-corrected chi connectivity index (χ1v) is 7.99. The maximum Gasteiger partial charge on any atom is 0.129 e. The summed E-state index contributed by atoms with van der Waals surface area (Å²) in [6.45, 7) is 6.33. The van der Waals surface area contributed by atoms with Gasteiger partial charge in [0.15, 0.2) is 0 Å². The molecule has 0 radical (unpaired) electrons. The highest BCUT2D eigenvalue weighted by Gasteiger charge is 2.10. The number of rotatable bonds is 4. The third kappa shape index (κ3) is 4.06. The molecule has 0 aliphatic rings. The Hall–Kier alpha value is -0.900. The zero-order chi connectivity index (χ0) is 15.6. The first-order valence-electron chi connectivity index (χ1n) is 6.82. The van der Waals surface area contributed by atoms with E-state index in [2.05, 4.69) is 28.2 Å². The summed E-state index contributed by atoms with van der Waals surface area (Å²) in [6.07, 6.45) is 0. The van der Waals surface area contributed by atoms with Crippen LogP contribution in [-0.4, -0.2) is 0 Å². The van der Waals surface area contributed by atoms with E-state index in [1.54, 1.807) is 13.8 Å². The maximum absolute atomic E-state index is 13.6. The van der Waals surface area contributed by atoms with Crippen LogP contribution in [0, 0.1) is 19.7 Å². The van der Waals surface area contributed by atoms with Gasteiger partial charge in [-0.25, -0.2) is 4.39 Å². The number of halogens is 3.